The second-order valence-electron chi connectivity index (χ2n) is 13.1. The molecule has 268 valence electrons. The maximum atomic E-state index is 14.5. The van der Waals surface area contributed by atoms with Crippen LogP contribution < -0.4 is 11.1 Å². The number of aromatic nitrogens is 2. The molecule has 0 saturated carbocycles. The summed E-state index contributed by atoms with van der Waals surface area (Å²) in [5.41, 5.74) is 10.9. The van der Waals surface area contributed by atoms with E-state index in [0.29, 0.717) is 18.5 Å². The van der Waals surface area contributed by atoms with Crippen molar-refractivity contribution in [2.75, 3.05) is 7.05 Å². The van der Waals surface area contributed by atoms with Crippen LogP contribution in [0.1, 0.15) is 67.6 Å². The highest BCUT2D eigenvalue weighted by Crippen LogP contribution is 2.26. The summed E-state index contributed by atoms with van der Waals surface area (Å²) in [6, 6.07) is 16.2. The third-order valence-electron chi connectivity index (χ3n) is 8.35. The van der Waals surface area contributed by atoms with E-state index in [4.69, 9.17) is 15.5 Å². The number of ether oxygens (including phenoxy) is 1. The molecule has 4 aromatic rings. The molecule has 0 aliphatic heterocycles. The molecule has 50 heavy (non-hydrogen) atoms. The minimum atomic E-state index is -1.15. The number of rotatable bonds is 17. The Kier molecular flexibility index (Phi) is 14.3. The minimum Gasteiger partial charge on any atom is -0.443 e. The Morgan fingerprint density at radius 1 is 0.940 bits per heavy atom. The number of carbonyl (C=O) groups excluding carboxylic acids is 3. The first-order valence-electron chi connectivity index (χ1n) is 16.8. The highest BCUT2D eigenvalue weighted by molar-refractivity contribution is 7.09. The number of aliphatic hydroxyl groups excluding tert-OH is 1. The Labute approximate surface area is 302 Å². The Hall–Kier alpha value is -4.33. The fourth-order valence-electron chi connectivity index (χ4n) is 5.87. The van der Waals surface area contributed by atoms with E-state index in [9.17, 15) is 19.5 Å². The molecule has 0 unspecified atom stereocenters. The van der Waals surface area contributed by atoms with E-state index in [1.54, 1.807) is 29.3 Å². The van der Waals surface area contributed by atoms with Gasteiger partial charge in [0.05, 0.1) is 40.6 Å². The average molecular weight is 721 g/mol. The van der Waals surface area contributed by atoms with Crippen molar-refractivity contribution < 1.29 is 24.2 Å². The molecule has 4 N–H and O–H groups in total. The zero-order valence-electron chi connectivity index (χ0n) is 29.3. The molecule has 4 rings (SSSR count). The predicted molar refractivity (Wildman–Crippen MR) is 197 cm³/mol. The number of primary amides is 1. The number of nitrogens with one attached hydrogen (secondary N) is 1. The summed E-state index contributed by atoms with van der Waals surface area (Å²) in [6.07, 6.45) is -1.20. The predicted octanol–water partition coefficient (Wildman–Crippen LogP) is 5.99. The number of benzene rings is 2. The first-order chi connectivity index (χ1) is 23.9. The Morgan fingerprint density at radius 3 is 2.12 bits per heavy atom. The summed E-state index contributed by atoms with van der Waals surface area (Å²) in [6.45, 7) is 8.05. The topological polar surface area (TPSA) is 151 Å². The van der Waals surface area contributed by atoms with Gasteiger partial charge in [-0.25, -0.2) is 19.6 Å². The molecule has 2 aromatic carbocycles. The maximum Gasteiger partial charge on any atom is 0.407 e. The molecular formula is C37H48N6O5S2. The SMILES string of the molecule is CC(C)c1nc(CN(C)C(=O)N([C@@H](Cc2ccccc2)C[C@H](O)[C@H](Cc2ccccc2)NC(=O)OCc2cscn2)[C@H](C(N)=O)C(C)C)cs1. The van der Waals surface area contributed by atoms with Gasteiger partial charge >= 0.3 is 12.1 Å². The van der Waals surface area contributed by atoms with E-state index in [1.807, 2.05) is 79.9 Å². The molecule has 2 aromatic heterocycles. The van der Waals surface area contributed by atoms with Gasteiger partial charge in [0.25, 0.3) is 0 Å². The van der Waals surface area contributed by atoms with Crippen LogP contribution in [0, 0.1) is 5.92 Å². The molecule has 13 heteroatoms. The lowest BCUT2D eigenvalue weighted by Crippen LogP contribution is -2.60. The van der Waals surface area contributed by atoms with E-state index < -0.39 is 42.3 Å². The van der Waals surface area contributed by atoms with Crippen LogP contribution in [0.3, 0.4) is 0 Å². The lowest BCUT2D eigenvalue weighted by Gasteiger charge is -2.42. The zero-order chi connectivity index (χ0) is 36.2. The molecule has 4 atom stereocenters. The summed E-state index contributed by atoms with van der Waals surface area (Å²) >= 11 is 2.95. The van der Waals surface area contributed by atoms with E-state index >= 15 is 0 Å². The Bertz CT molecular complexity index is 1630. The number of nitrogens with two attached hydrogens (primary N) is 1. The first-order valence-corrected chi connectivity index (χ1v) is 18.6. The number of hydrogen-bond donors (Lipinski definition) is 3. The van der Waals surface area contributed by atoms with Gasteiger partial charge in [-0.15, -0.1) is 22.7 Å². The van der Waals surface area contributed by atoms with E-state index in [-0.39, 0.29) is 31.4 Å². The van der Waals surface area contributed by atoms with Gasteiger partial charge in [-0.2, -0.15) is 0 Å². The smallest absolute Gasteiger partial charge is 0.407 e. The number of thiazole rings is 2. The monoisotopic (exact) mass is 720 g/mol. The van der Waals surface area contributed by atoms with Gasteiger partial charge in [0.1, 0.15) is 12.6 Å². The fraction of sp³-hybridized carbons (Fsp3) is 0.432. The largest absolute Gasteiger partial charge is 0.443 e. The minimum absolute atomic E-state index is 0.0128. The molecule has 4 amide bonds. The second kappa shape index (κ2) is 18.6. The third-order valence-corrected chi connectivity index (χ3v) is 10.2. The molecule has 0 radical (unpaired) electrons. The van der Waals surface area contributed by atoms with Crippen LogP contribution in [0.15, 0.2) is 76.9 Å². The van der Waals surface area contributed by atoms with Crippen molar-refractivity contribution >= 4 is 40.7 Å². The van der Waals surface area contributed by atoms with Crippen LogP contribution in [-0.4, -0.2) is 74.2 Å². The number of carbonyl (C=O) groups is 3. The van der Waals surface area contributed by atoms with Gasteiger partial charge in [0.2, 0.25) is 5.91 Å². The number of nitrogens with zero attached hydrogens (tertiary/aromatic N) is 4. The number of urea groups is 1. The van der Waals surface area contributed by atoms with Crippen LogP contribution in [-0.2, 0) is 35.5 Å². The molecule has 0 spiro atoms. The van der Waals surface area contributed by atoms with Gasteiger partial charge in [0.15, 0.2) is 0 Å². The molecule has 0 fully saturated rings. The van der Waals surface area contributed by atoms with Crippen molar-refractivity contribution in [2.24, 2.45) is 11.7 Å². The van der Waals surface area contributed by atoms with Gasteiger partial charge in [-0.3, -0.25) is 4.79 Å². The Morgan fingerprint density at radius 2 is 1.58 bits per heavy atom. The van der Waals surface area contributed by atoms with Crippen molar-refractivity contribution in [2.45, 2.75) is 90.3 Å². The molecule has 2 heterocycles. The summed E-state index contributed by atoms with van der Waals surface area (Å²) in [4.78, 5) is 52.7. The van der Waals surface area contributed by atoms with Crippen molar-refractivity contribution in [3.63, 3.8) is 0 Å². The van der Waals surface area contributed by atoms with E-state index in [0.717, 1.165) is 21.8 Å². The fourth-order valence-corrected chi connectivity index (χ4v) is 7.24. The summed E-state index contributed by atoms with van der Waals surface area (Å²) < 4.78 is 5.44. The molecule has 0 bridgehead atoms. The number of hydrogen-bond acceptors (Lipinski definition) is 9. The van der Waals surface area contributed by atoms with Gasteiger partial charge in [0, 0.05) is 29.8 Å². The summed E-state index contributed by atoms with van der Waals surface area (Å²) in [5.74, 6) is -0.717. The summed E-state index contributed by atoms with van der Waals surface area (Å²) in [7, 11) is 1.68. The second-order valence-corrected chi connectivity index (χ2v) is 14.7. The van der Waals surface area contributed by atoms with E-state index in [2.05, 4.69) is 24.1 Å². The van der Waals surface area contributed by atoms with E-state index in [1.165, 1.54) is 21.1 Å². The number of amides is 4. The van der Waals surface area contributed by atoms with Crippen molar-refractivity contribution in [1.29, 1.82) is 0 Å². The molecule has 0 saturated heterocycles. The zero-order valence-corrected chi connectivity index (χ0v) is 30.9. The van der Waals surface area contributed by atoms with Crippen LogP contribution >= 0.6 is 22.7 Å². The van der Waals surface area contributed by atoms with Crippen LogP contribution in [0.2, 0.25) is 0 Å². The third kappa shape index (κ3) is 11.1. The number of alkyl carbamates (subject to hydrolysis) is 1. The van der Waals surface area contributed by atoms with Crippen molar-refractivity contribution in [1.82, 2.24) is 25.1 Å². The Balaban J connectivity index is 1.67. The van der Waals surface area contributed by atoms with Gasteiger partial charge in [-0.1, -0.05) is 88.4 Å². The highest BCUT2D eigenvalue weighted by Gasteiger charge is 2.40. The van der Waals surface area contributed by atoms with Gasteiger partial charge < -0.3 is 30.7 Å². The molecule has 0 aliphatic carbocycles. The first kappa shape index (κ1) is 38.5. The van der Waals surface area contributed by atoms with Crippen LogP contribution in [0.4, 0.5) is 9.59 Å². The molecule has 11 nitrogen and oxygen atoms in total. The summed E-state index contributed by atoms with van der Waals surface area (Å²) in [5, 5.41) is 19.5. The quantitative estimate of drug-likeness (QED) is 0.121. The standard InChI is InChI=1S/C37H48N6O5S2/c1-24(2)33(34(38)45)43(37(47)42(5)19-28-22-50-35(40-28)25(3)4)30(16-26-12-8-6-9-13-26)18-32(44)31(17-27-14-10-7-11-15-27)41-36(46)48-20-29-21-49-23-39-29/h6-15,21-25,30-33,44H,16-20H2,1-5H3,(H2,38,45)(H,41,46)/t30-,31-,32-,33-/m0/s1. The lowest BCUT2D eigenvalue weighted by molar-refractivity contribution is -0.125. The highest BCUT2D eigenvalue weighted by atomic mass is 32.1. The van der Waals surface area contributed by atoms with Crippen molar-refractivity contribution in [3.05, 3.63) is 104 Å². The van der Waals surface area contributed by atoms with Crippen LogP contribution in [0.25, 0.3) is 0 Å². The van der Waals surface area contributed by atoms with Crippen LogP contribution in [0.5, 0.6) is 0 Å². The lowest BCUT2D eigenvalue weighted by atomic mass is 9.90. The molecule has 0 aliphatic rings. The average Bonchev–Trinajstić information content (AvgIpc) is 3.79. The molecular weight excluding hydrogens is 673 g/mol. The van der Waals surface area contributed by atoms with Gasteiger partial charge in [-0.05, 0) is 36.3 Å². The maximum absolute atomic E-state index is 14.5. The number of aliphatic hydroxyl groups is 1. The normalized spacial score (nSPS) is 13.8. The van der Waals surface area contributed by atoms with Crippen molar-refractivity contribution in [3.8, 4) is 0 Å².